The predicted octanol–water partition coefficient (Wildman–Crippen LogP) is 3.82. The Balaban J connectivity index is 2.46. The van der Waals surface area contributed by atoms with Gasteiger partial charge in [0.15, 0.2) is 5.84 Å². The smallest absolute Gasteiger partial charge is 0.395 e. The van der Waals surface area contributed by atoms with Gasteiger partial charge in [0.25, 0.3) is 0 Å². The quantitative estimate of drug-likeness (QED) is 0.365. The number of halogens is 4. The highest BCUT2D eigenvalue weighted by Gasteiger charge is 2.34. The molecule has 9 heteroatoms. The molecule has 2 aromatic rings. The minimum Gasteiger partial charge on any atom is -0.395 e. The van der Waals surface area contributed by atoms with Gasteiger partial charge in [-0.3, -0.25) is 10.7 Å². The van der Waals surface area contributed by atoms with E-state index in [1.54, 1.807) is 23.7 Å². The Bertz CT molecular complexity index is 767. The molecule has 25 heavy (non-hydrogen) atoms. The first-order valence-corrected chi connectivity index (χ1v) is 7.53. The molecule has 0 bridgehead atoms. The number of hydrogen-bond acceptors (Lipinski definition) is 4. The zero-order chi connectivity index (χ0) is 18.4. The van der Waals surface area contributed by atoms with Crippen LogP contribution in [-0.2, 0) is 6.18 Å². The summed E-state index contributed by atoms with van der Waals surface area (Å²) in [4.78, 5) is 4.07. The first kappa shape index (κ1) is 19.0. The number of nitrogens with one attached hydrogen (secondary N) is 2. The van der Waals surface area contributed by atoms with Crippen LogP contribution in [0.2, 0.25) is 5.02 Å². The van der Waals surface area contributed by atoms with Gasteiger partial charge in [-0.25, -0.2) is 4.99 Å². The number of aliphatic hydroxyl groups is 1. The minimum atomic E-state index is -4.62. The topological polar surface area (TPSA) is 76.9 Å². The summed E-state index contributed by atoms with van der Waals surface area (Å²) in [5.41, 5.74) is 1.09. The van der Waals surface area contributed by atoms with E-state index in [0.29, 0.717) is 10.7 Å². The fourth-order valence-corrected chi connectivity index (χ4v) is 2.28. The summed E-state index contributed by atoms with van der Waals surface area (Å²) in [6.07, 6.45) is -4.62. The molecule has 2 aromatic carbocycles. The zero-order valence-electron chi connectivity index (χ0n) is 12.8. The van der Waals surface area contributed by atoms with Crippen molar-refractivity contribution in [2.75, 3.05) is 18.5 Å². The number of aliphatic imine (C=N–C) groups is 1. The predicted molar refractivity (Wildman–Crippen MR) is 89.6 cm³/mol. The Hall–Kier alpha value is -2.29. The summed E-state index contributed by atoms with van der Waals surface area (Å²) >= 11 is 5.84. The van der Waals surface area contributed by atoms with Crippen molar-refractivity contribution < 1.29 is 23.5 Å². The first-order chi connectivity index (χ1) is 11.8. The van der Waals surface area contributed by atoms with E-state index < -0.39 is 11.7 Å². The van der Waals surface area contributed by atoms with E-state index >= 15 is 0 Å². The van der Waals surface area contributed by atoms with Crippen LogP contribution in [0.4, 0.5) is 24.5 Å². The maximum absolute atomic E-state index is 13.3. The monoisotopic (exact) mass is 373 g/mol. The molecular weight excluding hydrogens is 359 g/mol. The van der Waals surface area contributed by atoms with Gasteiger partial charge in [0.1, 0.15) is 0 Å². The van der Waals surface area contributed by atoms with Crippen LogP contribution >= 0.6 is 11.6 Å². The number of nitrogens with zero attached hydrogens (tertiary/aromatic N) is 1. The lowest BCUT2D eigenvalue weighted by Crippen LogP contribution is -2.21. The molecule has 0 fully saturated rings. The van der Waals surface area contributed by atoms with Crippen LogP contribution in [0, 0.1) is 0 Å². The average molecular weight is 374 g/mol. The van der Waals surface area contributed by atoms with Crippen LogP contribution < -0.4 is 10.8 Å². The van der Waals surface area contributed by atoms with Crippen LogP contribution in [0.25, 0.3) is 0 Å². The van der Waals surface area contributed by atoms with Gasteiger partial charge in [-0.15, -0.1) is 0 Å². The van der Waals surface area contributed by atoms with E-state index in [9.17, 15) is 18.4 Å². The number of amidine groups is 1. The standard InChI is InChI=1S/C16H15ClF3N3O2/c17-11-2-1-3-12(9-11)22-15(23-25)10-4-5-14(21-6-7-24)13(8-10)16(18,19)20/h1-5,8-9,21,24-25H,6-7H2,(H,22,23). The van der Waals surface area contributed by atoms with E-state index in [0.717, 1.165) is 6.07 Å². The van der Waals surface area contributed by atoms with Gasteiger partial charge in [-0.2, -0.15) is 13.2 Å². The number of hydrogen-bond donors (Lipinski definition) is 4. The van der Waals surface area contributed by atoms with Gasteiger partial charge in [0.05, 0.1) is 17.9 Å². The number of benzene rings is 2. The van der Waals surface area contributed by atoms with Crippen molar-refractivity contribution >= 4 is 28.8 Å². The molecule has 134 valence electrons. The molecule has 0 aliphatic heterocycles. The first-order valence-electron chi connectivity index (χ1n) is 7.16. The molecule has 0 amide bonds. The molecule has 0 aromatic heterocycles. The van der Waals surface area contributed by atoms with Crippen LogP contribution in [-0.4, -0.2) is 29.3 Å². The van der Waals surface area contributed by atoms with E-state index in [1.165, 1.54) is 18.2 Å². The SMILES string of the molecule is OCCNc1ccc(C(=Nc2cccc(Cl)c2)NO)cc1C(F)(F)F. The summed E-state index contributed by atoms with van der Waals surface area (Å²) in [7, 11) is 0. The third kappa shape index (κ3) is 5.09. The lowest BCUT2D eigenvalue weighted by Gasteiger charge is -2.16. The second-order valence-corrected chi connectivity index (χ2v) is 5.40. The highest BCUT2D eigenvalue weighted by atomic mass is 35.5. The van der Waals surface area contributed by atoms with Crippen LogP contribution in [0.3, 0.4) is 0 Å². The van der Waals surface area contributed by atoms with E-state index in [2.05, 4.69) is 10.3 Å². The Kier molecular flexibility index (Phi) is 6.24. The van der Waals surface area contributed by atoms with Crippen LogP contribution in [0.1, 0.15) is 11.1 Å². The molecule has 0 saturated heterocycles. The number of rotatable bonds is 5. The molecule has 0 aliphatic carbocycles. The second-order valence-electron chi connectivity index (χ2n) is 4.96. The van der Waals surface area contributed by atoms with Crippen molar-refractivity contribution in [3.63, 3.8) is 0 Å². The molecule has 5 nitrogen and oxygen atoms in total. The van der Waals surface area contributed by atoms with E-state index in [-0.39, 0.29) is 30.2 Å². The Morgan fingerprint density at radius 3 is 2.52 bits per heavy atom. The maximum atomic E-state index is 13.3. The molecule has 0 atom stereocenters. The van der Waals surface area contributed by atoms with Crippen molar-refractivity contribution in [3.8, 4) is 0 Å². The number of alkyl halides is 3. The summed E-state index contributed by atoms with van der Waals surface area (Å²) in [5, 5.41) is 20.9. The van der Waals surface area contributed by atoms with Crippen molar-refractivity contribution in [2.24, 2.45) is 4.99 Å². The molecule has 0 radical (unpaired) electrons. The fourth-order valence-electron chi connectivity index (χ4n) is 2.10. The van der Waals surface area contributed by atoms with Crippen molar-refractivity contribution in [2.45, 2.75) is 6.18 Å². The van der Waals surface area contributed by atoms with Gasteiger partial charge < -0.3 is 10.4 Å². The fraction of sp³-hybridized carbons (Fsp3) is 0.188. The van der Waals surface area contributed by atoms with Gasteiger partial charge >= 0.3 is 6.18 Å². The summed E-state index contributed by atoms with van der Waals surface area (Å²) in [6, 6.07) is 9.76. The van der Waals surface area contributed by atoms with Crippen LogP contribution in [0.15, 0.2) is 47.5 Å². The summed E-state index contributed by atoms with van der Waals surface area (Å²) in [6.45, 7) is -0.330. The van der Waals surface area contributed by atoms with Crippen LogP contribution in [0.5, 0.6) is 0 Å². The van der Waals surface area contributed by atoms with Crippen molar-refractivity contribution in [3.05, 3.63) is 58.6 Å². The highest BCUT2D eigenvalue weighted by Crippen LogP contribution is 2.35. The van der Waals surface area contributed by atoms with Gasteiger partial charge in [0.2, 0.25) is 0 Å². The van der Waals surface area contributed by atoms with Crippen molar-refractivity contribution in [1.82, 2.24) is 5.48 Å². The lowest BCUT2D eigenvalue weighted by atomic mass is 10.1. The Morgan fingerprint density at radius 2 is 1.92 bits per heavy atom. The normalized spacial score (nSPS) is 12.2. The third-order valence-electron chi connectivity index (χ3n) is 3.18. The average Bonchev–Trinajstić information content (AvgIpc) is 2.57. The molecule has 0 aliphatic rings. The zero-order valence-corrected chi connectivity index (χ0v) is 13.6. The Morgan fingerprint density at radius 1 is 1.16 bits per heavy atom. The molecule has 0 saturated carbocycles. The van der Waals surface area contributed by atoms with E-state index in [4.69, 9.17) is 16.7 Å². The lowest BCUT2D eigenvalue weighted by molar-refractivity contribution is -0.137. The summed E-state index contributed by atoms with van der Waals surface area (Å²) in [5.74, 6) is -0.165. The second kappa shape index (κ2) is 8.19. The van der Waals surface area contributed by atoms with Gasteiger partial charge in [-0.05, 0) is 36.4 Å². The highest BCUT2D eigenvalue weighted by molar-refractivity contribution is 6.30. The number of aliphatic hydroxyl groups excluding tert-OH is 1. The van der Waals surface area contributed by atoms with Gasteiger partial charge in [-0.1, -0.05) is 17.7 Å². The van der Waals surface area contributed by atoms with E-state index in [1.807, 2.05) is 0 Å². The molecule has 2 rings (SSSR count). The Labute approximate surface area is 146 Å². The molecule has 4 N–H and O–H groups in total. The number of anilines is 1. The largest absolute Gasteiger partial charge is 0.418 e. The number of hydroxylamine groups is 1. The summed E-state index contributed by atoms with van der Waals surface area (Å²) < 4.78 is 39.8. The van der Waals surface area contributed by atoms with Gasteiger partial charge in [0, 0.05) is 22.8 Å². The molecule has 0 spiro atoms. The third-order valence-corrected chi connectivity index (χ3v) is 3.42. The molecule has 0 unspecified atom stereocenters. The molecule has 0 heterocycles. The molecular formula is C16H15ClF3N3O2. The maximum Gasteiger partial charge on any atom is 0.418 e. The minimum absolute atomic E-state index is 0.0237. The van der Waals surface area contributed by atoms with Crippen molar-refractivity contribution in [1.29, 1.82) is 0 Å².